The van der Waals surface area contributed by atoms with Gasteiger partial charge in [-0.2, -0.15) is 0 Å². The lowest BCUT2D eigenvalue weighted by molar-refractivity contribution is -0.154. The van der Waals surface area contributed by atoms with Crippen LogP contribution < -0.4 is 5.32 Å². The highest BCUT2D eigenvalue weighted by molar-refractivity contribution is 6.00. The van der Waals surface area contributed by atoms with Crippen LogP contribution in [0.3, 0.4) is 0 Å². The smallest absolute Gasteiger partial charge is 0.334 e. The highest BCUT2D eigenvalue weighted by atomic mass is 16.5. The van der Waals surface area contributed by atoms with E-state index in [4.69, 9.17) is 0 Å². The minimum absolute atomic E-state index is 0.00899. The Morgan fingerprint density at radius 1 is 0.909 bits per heavy atom. The first-order valence-corrected chi connectivity index (χ1v) is 11.5. The third kappa shape index (κ3) is 7.43. The quantitative estimate of drug-likeness (QED) is 0.393. The van der Waals surface area contributed by atoms with Gasteiger partial charge in [-0.05, 0) is 37.3 Å². The average molecular weight is 454 g/mol. The largest absolute Gasteiger partial charge is 0.359 e. The van der Waals surface area contributed by atoms with Gasteiger partial charge in [0.1, 0.15) is 0 Å². The fourth-order valence-corrected chi connectivity index (χ4v) is 3.80. The number of hydroxylamine groups is 2. The number of hydrogen-bond donors (Lipinski definition) is 2. The fraction of sp³-hybridized carbons (Fsp3) is 0.423. The first-order valence-electron chi connectivity index (χ1n) is 11.5. The number of urea groups is 2. The number of carbonyl (C=O) groups is 3. The zero-order valence-electron chi connectivity index (χ0n) is 19.9. The molecule has 2 aromatic rings. The molecule has 0 saturated heterocycles. The maximum atomic E-state index is 13.0. The second-order valence-corrected chi connectivity index (χ2v) is 8.56. The number of benzene rings is 2. The van der Waals surface area contributed by atoms with Crippen LogP contribution in [0.4, 0.5) is 9.59 Å². The minimum atomic E-state index is -1.05. The number of carbonyl (C=O) groups excluding carboxylic acids is 3. The number of hydrogen-bond acceptors (Lipinski definition) is 4. The van der Waals surface area contributed by atoms with Crippen LogP contribution in [-0.2, 0) is 4.79 Å². The summed E-state index contributed by atoms with van der Waals surface area (Å²) >= 11 is 0. The molecule has 2 rings (SSSR count). The Kier molecular flexibility index (Phi) is 10.1. The van der Waals surface area contributed by atoms with Crippen molar-refractivity contribution >= 4 is 18.0 Å². The van der Waals surface area contributed by atoms with Gasteiger partial charge in [-0.1, -0.05) is 80.9 Å². The second-order valence-electron chi connectivity index (χ2n) is 8.56. The highest BCUT2D eigenvalue weighted by Gasteiger charge is 2.31. The molecule has 0 aliphatic rings. The molecule has 7 nitrogen and oxygen atoms in total. The molecular weight excluding hydrogens is 418 g/mol. The molecule has 1 atom stereocenters. The van der Waals surface area contributed by atoms with E-state index in [-0.39, 0.29) is 30.0 Å². The van der Waals surface area contributed by atoms with Crippen LogP contribution >= 0.6 is 0 Å². The zero-order chi connectivity index (χ0) is 24.4. The van der Waals surface area contributed by atoms with Crippen LogP contribution in [0, 0.1) is 5.92 Å². The topological polar surface area (TPSA) is 90.0 Å². The van der Waals surface area contributed by atoms with Gasteiger partial charge < -0.3 is 5.32 Å². The minimum Gasteiger partial charge on any atom is -0.334 e. The van der Waals surface area contributed by atoms with Crippen LogP contribution in [0.25, 0.3) is 0 Å². The maximum Gasteiger partial charge on any atom is 0.359 e. The molecule has 2 N–H and O–H groups in total. The first-order chi connectivity index (χ1) is 15.8. The van der Waals surface area contributed by atoms with Gasteiger partial charge in [-0.3, -0.25) is 10.0 Å². The average Bonchev–Trinajstić information content (AvgIpc) is 2.80. The highest BCUT2D eigenvalue weighted by Crippen LogP contribution is 2.28. The number of nitrogens with zero attached hydrogens (tertiary/aromatic N) is 2. The van der Waals surface area contributed by atoms with Crippen molar-refractivity contribution in [2.24, 2.45) is 5.92 Å². The summed E-state index contributed by atoms with van der Waals surface area (Å²) in [6.45, 7) is 7.57. The molecule has 0 bridgehead atoms. The van der Waals surface area contributed by atoms with Crippen molar-refractivity contribution < 1.29 is 19.6 Å². The molecule has 0 fully saturated rings. The van der Waals surface area contributed by atoms with Crippen LogP contribution in [0.5, 0.6) is 0 Å². The van der Waals surface area contributed by atoms with E-state index in [1.165, 1.54) is 0 Å². The number of imide groups is 2. The molecule has 0 aliphatic carbocycles. The van der Waals surface area contributed by atoms with Crippen LogP contribution in [-0.4, -0.2) is 45.7 Å². The Morgan fingerprint density at radius 2 is 1.42 bits per heavy atom. The van der Waals surface area contributed by atoms with E-state index in [0.29, 0.717) is 12.3 Å². The standard InChI is InChI=1S/C26H35N3O4/c1-5-28(26(32)29(33)23(30)18-12-13-19(2)3)25(31)27-20(4)24(21-14-8-6-9-15-21)22-16-10-7-11-17-22/h6-11,14-17,19-20,24,33H,5,12-13,18H2,1-4H3,(H,27,31)/t20-/m1/s1. The van der Waals surface area contributed by atoms with Crippen molar-refractivity contribution in [3.63, 3.8) is 0 Å². The zero-order valence-corrected chi connectivity index (χ0v) is 19.9. The van der Waals surface area contributed by atoms with Crippen molar-refractivity contribution in [1.82, 2.24) is 15.3 Å². The van der Waals surface area contributed by atoms with E-state index in [1.807, 2.05) is 81.4 Å². The van der Waals surface area contributed by atoms with E-state index >= 15 is 0 Å². The van der Waals surface area contributed by atoms with Crippen molar-refractivity contribution in [2.75, 3.05) is 6.54 Å². The molecule has 0 heterocycles. The molecule has 7 heteroatoms. The SMILES string of the molecule is CCN(C(=O)N[C@H](C)C(c1ccccc1)c1ccccc1)C(=O)N(O)C(=O)CCCC(C)C. The third-order valence-corrected chi connectivity index (χ3v) is 5.55. The van der Waals surface area contributed by atoms with Gasteiger partial charge in [0.05, 0.1) is 0 Å². The normalized spacial score (nSPS) is 11.8. The van der Waals surface area contributed by atoms with E-state index in [2.05, 4.69) is 5.32 Å². The van der Waals surface area contributed by atoms with Gasteiger partial charge in [0.2, 0.25) is 0 Å². The summed E-state index contributed by atoms with van der Waals surface area (Å²) < 4.78 is 0. The van der Waals surface area contributed by atoms with Gasteiger partial charge in [0.15, 0.2) is 0 Å². The van der Waals surface area contributed by atoms with E-state index in [1.54, 1.807) is 6.92 Å². The van der Waals surface area contributed by atoms with Crippen molar-refractivity contribution in [2.45, 2.75) is 58.9 Å². The van der Waals surface area contributed by atoms with Gasteiger partial charge in [0.25, 0.3) is 5.91 Å². The number of rotatable bonds is 9. The summed E-state index contributed by atoms with van der Waals surface area (Å²) in [5.41, 5.74) is 2.05. The molecule has 33 heavy (non-hydrogen) atoms. The maximum absolute atomic E-state index is 13.0. The predicted molar refractivity (Wildman–Crippen MR) is 128 cm³/mol. The molecule has 5 amide bonds. The summed E-state index contributed by atoms with van der Waals surface area (Å²) in [5.74, 6) is -0.443. The van der Waals surface area contributed by atoms with Gasteiger partial charge in [-0.25, -0.2) is 14.5 Å². The fourth-order valence-electron chi connectivity index (χ4n) is 3.80. The molecule has 0 saturated carbocycles. The lowest BCUT2D eigenvalue weighted by Gasteiger charge is -2.29. The molecule has 0 aromatic heterocycles. The van der Waals surface area contributed by atoms with Crippen LogP contribution in [0.1, 0.15) is 64.0 Å². The summed E-state index contributed by atoms with van der Waals surface area (Å²) in [5, 5.41) is 13.0. The van der Waals surface area contributed by atoms with Crippen molar-refractivity contribution in [3.8, 4) is 0 Å². The summed E-state index contributed by atoms with van der Waals surface area (Å²) in [6.07, 6.45) is 1.41. The monoisotopic (exact) mass is 453 g/mol. The Bertz CT molecular complexity index is 863. The molecule has 0 unspecified atom stereocenters. The Balaban J connectivity index is 2.12. The molecule has 0 aliphatic heterocycles. The summed E-state index contributed by atoms with van der Waals surface area (Å²) in [6, 6.07) is 17.5. The molecule has 0 spiro atoms. The van der Waals surface area contributed by atoms with Gasteiger partial charge in [0, 0.05) is 24.9 Å². The molecule has 178 valence electrons. The Hall–Kier alpha value is -3.19. The van der Waals surface area contributed by atoms with E-state index in [0.717, 1.165) is 22.4 Å². The Labute approximate surface area is 196 Å². The van der Waals surface area contributed by atoms with Crippen molar-refractivity contribution in [3.05, 3.63) is 71.8 Å². The summed E-state index contributed by atoms with van der Waals surface area (Å²) in [4.78, 5) is 38.7. The van der Waals surface area contributed by atoms with Gasteiger partial charge >= 0.3 is 12.1 Å². The molecule has 2 aromatic carbocycles. The molecule has 0 radical (unpaired) electrons. The number of amides is 5. The van der Waals surface area contributed by atoms with Crippen LogP contribution in [0.15, 0.2) is 60.7 Å². The predicted octanol–water partition coefficient (Wildman–Crippen LogP) is 5.40. The summed E-state index contributed by atoms with van der Waals surface area (Å²) in [7, 11) is 0. The number of nitrogens with one attached hydrogen (secondary N) is 1. The van der Waals surface area contributed by atoms with E-state index < -0.39 is 18.0 Å². The van der Waals surface area contributed by atoms with Crippen LogP contribution in [0.2, 0.25) is 0 Å². The molecular formula is C26H35N3O4. The lowest BCUT2D eigenvalue weighted by Crippen LogP contribution is -2.53. The lowest BCUT2D eigenvalue weighted by atomic mass is 9.86. The second kappa shape index (κ2) is 12.7. The first kappa shape index (κ1) is 26.1. The Morgan fingerprint density at radius 3 is 1.88 bits per heavy atom. The van der Waals surface area contributed by atoms with E-state index in [9.17, 15) is 19.6 Å². The third-order valence-electron chi connectivity index (χ3n) is 5.55. The van der Waals surface area contributed by atoms with Gasteiger partial charge in [-0.15, -0.1) is 5.06 Å². The van der Waals surface area contributed by atoms with Crippen molar-refractivity contribution in [1.29, 1.82) is 0 Å².